The molecule has 0 spiro atoms. The van der Waals surface area contributed by atoms with Gasteiger partial charge in [0.2, 0.25) is 0 Å². The van der Waals surface area contributed by atoms with Crippen LogP contribution in [0, 0.1) is 17.3 Å². The molecule has 2 aliphatic carbocycles. The van der Waals surface area contributed by atoms with Crippen LogP contribution in [0.4, 0.5) is 0 Å². The summed E-state index contributed by atoms with van der Waals surface area (Å²) in [5.41, 5.74) is 0.752. The number of hydrogen-bond donors (Lipinski definition) is 0. The zero-order chi connectivity index (χ0) is 12.6. The SMILES string of the molecule is CC1(C(=O)OCc2ccccc2)CC2C=CC1C2. The molecule has 0 heterocycles. The Kier molecular flexibility index (Phi) is 2.73. The van der Waals surface area contributed by atoms with Crippen molar-refractivity contribution in [3.05, 3.63) is 48.0 Å². The van der Waals surface area contributed by atoms with Crippen LogP contribution in [0.25, 0.3) is 0 Å². The lowest BCUT2D eigenvalue weighted by molar-refractivity contribution is -0.158. The largest absolute Gasteiger partial charge is 0.460 e. The molecule has 94 valence electrons. The standard InChI is InChI=1S/C16H18O2/c1-16(10-13-7-8-14(16)9-13)15(17)18-11-12-5-3-2-4-6-12/h2-8,13-14H,9-11H2,1H3. The van der Waals surface area contributed by atoms with E-state index in [0.717, 1.165) is 18.4 Å². The monoisotopic (exact) mass is 242 g/mol. The van der Waals surface area contributed by atoms with Gasteiger partial charge in [-0.25, -0.2) is 0 Å². The summed E-state index contributed by atoms with van der Waals surface area (Å²) < 4.78 is 5.49. The summed E-state index contributed by atoms with van der Waals surface area (Å²) >= 11 is 0. The van der Waals surface area contributed by atoms with Crippen LogP contribution in [0.15, 0.2) is 42.5 Å². The first-order valence-corrected chi connectivity index (χ1v) is 6.58. The van der Waals surface area contributed by atoms with Crippen LogP contribution < -0.4 is 0 Å². The van der Waals surface area contributed by atoms with Crippen LogP contribution >= 0.6 is 0 Å². The van der Waals surface area contributed by atoms with E-state index in [1.54, 1.807) is 0 Å². The van der Waals surface area contributed by atoms with E-state index < -0.39 is 0 Å². The molecule has 0 aliphatic heterocycles. The molecule has 0 N–H and O–H groups in total. The lowest BCUT2D eigenvalue weighted by Crippen LogP contribution is -2.33. The summed E-state index contributed by atoms with van der Waals surface area (Å²) in [5, 5.41) is 0. The Morgan fingerprint density at radius 3 is 2.72 bits per heavy atom. The molecule has 2 heteroatoms. The van der Waals surface area contributed by atoms with Gasteiger partial charge in [-0.1, -0.05) is 42.5 Å². The molecule has 1 aromatic rings. The van der Waals surface area contributed by atoms with Crippen LogP contribution in [0.5, 0.6) is 0 Å². The molecular weight excluding hydrogens is 224 g/mol. The molecule has 0 radical (unpaired) electrons. The first kappa shape index (κ1) is 11.5. The first-order chi connectivity index (χ1) is 8.68. The van der Waals surface area contributed by atoms with Gasteiger partial charge >= 0.3 is 5.97 Å². The summed E-state index contributed by atoms with van der Waals surface area (Å²) in [6.45, 7) is 2.44. The van der Waals surface area contributed by atoms with Gasteiger partial charge in [0.25, 0.3) is 0 Å². The van der Waals surface area contributed by atoms with Crippen LogP contribution in [-0.2, 0) is 16.1 Å². The first-order valence-electron chi connectivity index (χ1n) is 6.58. The Hall–Kier alpha value is -1.57. The van der Waals surface area contributed by atoms with Gasteiger partial charge in [-0.05, 0) is 37.2 Å². The van der Waals surface area contributed by atoms with E-state index in [0.29, 0.717) is 18.4 Å². The number of ether oxygens (including phenoxy) is 1. The van der Waals surface area contributed by atoms with Crippen LogP contribution in [-0.4, -0.2) is 5.97 Å². The topological polar surface area (TPSA) is 26.3 Å². The number of hydrogen-bond acceptors (Lipinski definition) is 2. The molecule has 0 amide bonds. The van der Waals surface area contributed by atoms with E-state index >= 15 is 0 Å². The lowest BCUT2D eigenvalue weighted by atomic mass is 9.78. The van der Waals surface area contributed by atoms with E-state index in [1.807, 2.05) is 30.3 Å². The van der Waals surface area contributed by atoms with Crippen LogP contribution in [0.1, 0.15) is 25.3 Å². The molecule has 2 bridgehead atoms. The van der Waals surface area contributed by atoms with Crippen molar-refractivity contribution in [3.8, 4) is 0 Å². The maximum absolute atomic E-state index is 12.3. The third kappa shape index (κ3) is 1.86. The predicted octanol–water partition coefficient (Wildman–Crippen LogP) is 3.33. The zero-order valence-corrected chi connectivity index (χ0v) is 10.6. The number of benzene rings is 1. The van der Waals surface area contributed by atoms with Gasteiger partial charge in [0.15, 0.2) is 0 Å². The summed E-state index contributed by atoms with van der Waals surface area (Å²) in [6.07, 6.45) is 6.51. The quantitative estimate of drug-likeness (QED) is 0.600. The smallest absolute Gasteiger partial charge is 0.312 e. The van der Waals surface area contributed by atoms with Gasteiger partial charge in [-0.15, -0.1) is 0 Å². The highest BCUT2D eigenvalue weighted by Gasteiger charge is 2.50. The van der Waals surface area contributed by atoms with Gasteiger partial charge in [-0.3, -0.25) is 4.79 Å². The van der Waals surface area contributed by atoms with Crippen molar-refractivity contribution < 1.29 is 9.53 Å². The normalized spacial score (nSPS) is 32.7. The number of carbonyl (C=O) groups excluding carboxylic acids is 1. The Morgan fingerprint density at radius 1 is 1.33 bits per heavy atom. The summed E-state index contributed by atoms with van der Waals surface area (Å²) in [6, 6.07) is 9.86. The van der Waals surface area contributed by atoms with Crippen molar-refractivity contribution in [2.75, 3.05) is 0 Å². The third-order valence-corrected chi connectivity index (χ3v) is 4.36. The second-order valence-corrected chi connectivity index (χ2v) is 5.67. The molecule has 1 saturated carbocycles. The molecule has 0 saturated heterocycles. The van der Waals surface area contributed by atoms with Gasteiger partial charge in [0, 0.05) is 0 Å². The Balaban J connectivity index is 1.64. The fourth-order valence-electron chi connectivity index (χ4n) is 3.22. The Morgan fingerprint density at radius 2 is 2.11 bits per heavy atom. The van der Waals surface area contributed by atoms with Gasteiger partial charge in [0.1, 0.15) is 6.61 Å². The molecule has 3 atom stereocenters. The maximum atomic E-state index is 12.3. The fraction of sp³-hybridized carbons (Fsp3) is 0.438. The molecule has 2 nitrogen and oxygen atoms in total. The van der Waals surface area contributed by atoms with Gasteiger partial charge < -0.3 is 4.74 Å². The highest BCUT2D eigenvalue weighted by Crippen LogP contribution is 2.52. The van der Waals surface area contributed by atoms with Crippen LogP contribution in [0.3, 0.4) is 0 Å². The molecule has 2 aliphatic rings. The lowest BCUT2D eigenvalue weighted by Gasteiger charge is -2.28. The Labute approximate surface area is 108 Å². The second kappa shape index (κ2) is 4.27. The van der Waals surface area contributed by atoms with Crippen molar-refractivity contribution >= 4 is 5.97 Å². The minimum absolute atomic E-state index is 0.0387. The summed E-state index contributed by atoms with van der Waals surface area (Å²) in [7, 11) is 0. The van der Waals surface area contributed by atoms with Crippen molar-refractivity contribution in [1.82, 2.24) is 0 Å². The van der Waals surface area contributed by atoms with Gasteiger partial charge in [0.05, 0.1) is 5.41 Å². The molecule has 1 aromatic carbocycles. The summed E-state index contributed by atoms with van der Waals surface area (Å²) in [5.74, 6) is 0.929. The Bertz CT molecular complexity index is 477. The maximum Gasteiger partial charge on any atom is 0.312 e. The molecular formula is C16H18O2. The summed E-state index contributed by atoms with van der Waals surface area (Å²) in [4.78, 5) is 12.3. The van der Waals surface area contributed by atoms with E-state index in [4.69, 9.17) is 4.74 Å². The molecule has 1 fully saturated rings. The fourth-order valence-corrected chi connectivity index (χ4v) is 3.22. The number of allylic oxidation sites excluding steroid dienone is 2. The number of fused-ring (bicyclic) bond motifs is 2. The van der Waals surface area contributed by atoms with Crippen molar-refractivity contribution in [3.63, 3.8) is 0 Å². The molecule has 0 aromatic heterocycles. The molecule has 3 rings (SSSR count). The van der Waals surface area contributed by atoms with Gasteiger partial charge in [-0.2, -0.15) is 0 Å². The van der Waals surface area contributed by atoms with Crippen molar-refractivity contribution in [2.45, 2.75) is 26.4 Å². The third-order valence-electron chi connectivity index (χ3n) is 4.36. The average Bonchev–Trinajstić information content (AvgIpc) is 2.97. The number of esters is 1. The minimum atomic E-state index is -0.297. The molecule has 3 unspecified atom stereocenters. The van der Waals surface area contributed by atoms with Crippen molar-refractivity contribution in [2.24, 2.45) is 17.3 Å². The molecule has 18 heavy (non-hydrogen) atoms. The van der Waals surface area contributed by atoms with E-state index in [1.165, 1.54) is 0 Å². The van der Waals surface area contributed by atoms with Crippen LogP contribution in [0.2, 0.25) is 0 Å². The average molecular weight is 242 g/mol. The number of rotatable bonds is 3. The second-order valence-electron chi connectivity index (χ2n) is 5.67. The minimum Gasteiger partial charge on any atom is -0.460 e. The van der Waals surface area contributed by atoms with E-state index in [2.05, 4.69) is 19.1 Å². The van der Waals surface area contributed by atoms with E-state index in [-0.39, 0.29) is 11.4 Å². The van der Waals surface area contributed by atoms with E-state index in [9.17, 15) is 4.79 Å². The highest BCUT2D eigenvalue weighted by molar-refractivity contribution is 5.78. The zero-order valence-electron chi connectivity index (χ0n) is 10.6. The van der Waals surface area contributed by atoms with Crippen molar-refractivity contribution in [1.29, 1.82) is 0 Å². The number of carbonyl (C=O) groups is 1. The predicted molar refractivity (Wildman–Crippen MR) is 69.7 cm³/mol. The highest BCUT2D eigenvalue weighted by atomic mass is 16.5.